The van der Waals surface area contributed by atoms with Crippen molar-refractivity contribution in [3.05, 3.63) is 65.4 Å². The Morgan fingerprint density at radius 2 is 1.89 bits per heavy atom. The van der Waals surface area contributed by atoms with Crippen LogP contribution in [0.25, 0.3) is 10.9 Å². The van der Waals surface area contributed by atoms with E-state index in [1.54, 1.807) is 29.2 Å². The van der Waals surface area contributed by atoms with Crippen molar-refractivity contribution in [1.29, 1.82) is 0 Å². The van der Waals surface area contributed by atoms with Gasteiger partial charge in [0.2, 0.25) is 11.8 Å². The van der Waals surface area contributed by atoms with E-state index in [0.717, 1.165) is 12.5 Å². The molecule has 5 atom stereocenters. The number of nitrogens with one attached hydrogen (secondary N) is 1. The number of halogens is 2. The normalized spacial score (nSPS) is 26.5. The Bertz CT molecular complexity index is 1390. The van der Waals surface area contributed by atoms with E-state index in [1.165, 1.54) is 16.8 Å². The number of nitrogens with zero attached hydrogens (tertiary/aromatic N) is 3. The molecule has 3 aliphatic rings. The maximum atomic E-state index is 14.1. The second kappa shape index (κ2) is 7.86. The van der Waals surface area contributed by atoms with E-state index in [9.17, 15) is 23.2 Å². The Labute approximate surface area is 199 Å². The van der Waals surface area contributed by atoms with E-state index in [-0.39, 0.29) is 48.0 Å². The third-order valence-electron chi connectivity index (χ3n) is 7.35. The SMILES string of the molecule is NC(=O)c1nn(CC(=O)N2[C@H](C(=O)NC3CC3c3ccc(F)cc3F)C[C@@H]3C[C@@H]32)c2ccccc12. The number of hydrogen-bond donors (Lipinski definition) is 2. The van der Waals surface area contributed by atoms with Crippen molar-refractivity contribution in [2.45, 2.75) is 49.9 Å². The lowest BCUT2D eigenvalue weighted by Crippen LogP contribution is -2.49. The Morgan fingerprint density at radius 3 is 2.66 bits per heavy atom. The van der Waals surface area contributed by atoms with Crippen molar-refractivity contribution < 1.29 is 23.2 Å². The number of likely N-dealkylation sites (tertiary alicyclic amines) is 1. The maximum absolute atomic E-state index is 14.1. The molecular formula is C25H23F2N5O3. The standard InChI is InChI=1S/C25H23F2N5O3/c26-13-5-6-14(17(27)9-13)16-10-18(16)29-25(35)21-8-12-7-20(12)32(21)22(33)11-31-19-4-2-1-3-15(19)23(30-31)24(28)34/h1-6,9,12,16,18,20-21H,7-8,10-11H2,(H2,28,34)(H,29,35)/t12-,16?,18?,20-,21-/m0/s1. The minimum Gasteiger partial charge on any atom is -0.364 e. The number of rotatable bonds is 6. The number of para-hydroxylation sites is 1. The van der Waals surface area contributed by atoms with Crippen LogP contribution in [0.3, 0.4) is 0 Å². The molecule has 3 amide bonds. The zero-order valence-corrected chi connectivity index (χ0v) is 18.7. The van der Waals surface area contributed by atoms with E-state index in [1.807, 2.05) is 0 Å². The Kier molecular flexibility index (Phi) is 4.87. The van der Waals surface area contributed by atoms with E-state index in [0.29, 0.717) is 29.3 Å². The molecule has 2 unspecified atom stereocenters. The summed E-state index contributed by atoms with van der Waals surface area (Å²) >= 11 is 0. The average Bonchev–Trinajstić information content (AvgIpc) is 3.69. The van der Waals surface area contributed by atoms with Gasteiger partial charge in [-0.2, -0.15) is 5.10 Å². The number of piperidine rings is 1. The molecule has 3 aromatic rings. The monoisotopic (exact) mass is 479 g/mol. The predicted octanol–water partition coefficient (Wildman–Crippen LogP) is 2.08. The number of carbonyl (C=O) groups is 3. The topological polar surface area (TPSA) is 110 Å². The molecule has 2 aromatic carbocycles. The van der Waals surface area contributed by atoms with Gasteiger partial charge in [-0.15, -0.1) is 0 Å². The Balaban J connectivity index is 1.17. The van der Waals surface area contributed by atoms with Gasteiger partial charge in [0.15, 0.2) is 5.69 Å². The summed E-state index contributed by atoms with van der Waals surface area (Å²) in [6, 6.07) is 9.67. The van der Waals surface area contributed by atoms with Crippen molar-refractivity contribution >= 4 is 28.6 Å². The van der Waals surface area contributed by atoms with Crippen LogP contribution in [-0.4, -0.2) is 50.5 Å². The number of hydrogen-bond acceptors (Lipinski definition) is 4. The molecule has 0 radical (unpaired) electrons. The van der Waals surface area contributed by atoms with Gasteiger partial charge >= 0.3 is 0 Å². The third-order valence-corrected chi connectivity index (χ3v) is 7.35. The van der Waals surface area contributed by atoms with Gasteiger partial charge in [-0.25, -0.2) is 8.78 Å². The molecule has 3 fully saturated rings. The fraction of sp³-hybridized carbons (Fsp3) is 0.360. The van der Waals surface area contributed by atoms with Gasteiger partial charge < -0.3 is 16.0 Å². The molecule has 0 bridgehead atoms. The lowest BCUT2D eigenvalue weighted by atomic mass is 10.1. The van der Waals surface area contributed by atoms with Crippen LogP contribution < -0.4 is 11.1 Å². The molecule has 3 N–H and O–H groups in total. The Morgan fingerprint density at radius 1 is 1.09 bits per heavy atom. The molecule has 0 spiro atoms. The molecule has 2 aliphatic carbocycles. The first kappa shape index (κ1) is 21.7. The van der Waals surface area contributed by atoms with E-state index in [4.69, 9.17) is 5.73 Å². The van der Waals surface area contributed by atoms with Crippen molar-refractivity contribution in [3.63, 3.8) is 0 Å². The zero-order chi connectivity index (χ0) is 24.4. The summed E-state index contributed by atoms with van der Waals surface area (Å²) in [7, 11) is 0. The number of nitrogens with two attached hydrogens (primary N) is 1. The van der Waals surface area contributed by atoms with Gasteiger partial charge in [0.05, 0.1) is 5.52 Å². The number of primary amides is 1. The molecule has 35 heavy (non-hydrogen) atoms. The molecule has 1 aliphatic heterocycles. The molecule has 180 valence electrons. The largest absolute Gasteiger partial charge is 0.364 e. The predicted molar refractivity (Wildman–Crippen MR) is 121 cm³/mol. The molecule has 2 saturated carbocycles. The highest BCUT2D eigenvalue weighted by molar-refractivity contribution is 6.04. The van der Waals surface area contributed by atoms with Gasteiger partial charge in [0.25, 0.3) is 5.91 Å². The minimum atomic E-state index is -0.676. The molecule has 2 heterocycles. The highest BCUT2D eigenvalue weighted by Crippen LogP contribution is 2.49. The number of amides is 3. The summed E-state index contributed by atoms with van der Waals surface area (Å²) in [4.78, 5) is 39.9. The van der Waals surface area contributed by atoms with Crippen LogP contribution in [0.1, 0.15) is 41.2 Å². The van der Waals surface area contributed by atoms with E-state index >= 15 is 0 Å². The number of carbonyl (C=O) groups excluding carboxylic acids is 3. The van der Waals surface area contributed by atoms with Crippen LogP contribution in [0, 0.1) is 17.6 Å². The second-order valence-electron chi connectivity index (χ2n) is 9.63. The van der Waals surface area contributed by atoms with Crippen LogP contribution in [0.15, 0.2) is 42.5 Å². The van der Waals surface area contributed by atoms with Crippen molar-refractivity contribution in [3.8, 4) is 0 Å². The van der Waals surface area contributed by atoms with Gasteiger partial charge in [-0.1, -0.05) is 24.3 Å². The summed E-state index contributed by atoms with van der Waals surface area (Å²) in [5.74, 6) is -2.37. The molecule has 1 aromatic heterocycles. The fourth-order valence-corrected chi connectivity index (χ4v) is 5.47. The summed E-state index contributed by atoms with van der Waals surface area (Å²) in [5, 5.41) is 7.77. The summed E-state index contributed by atoms with van der Waals surface area (Å²) in [6.45, 7) is -0.117. The number of fused-ring (bicyclic) bond motifs is 2. The van der Waals surface area contributed by atoms with Crippen LogP contribution in [-0.2, 0) is 16.1 Å². The van der Waals surface area contributed by atoms with Gasteiger partial charge in [0, 0.05) is 29.5 Å². The molecule has 1 saturated heterocycles. The van der Waals surface area contributed by atoms with Crippen molar-refractivity contribution in [2.24, 2.45) is 11.7 Å². The Hall–Kier alpha value is -3.82. The quantitative estimate of drug-likeness (QED) is 0.564. The molecule has 8 nitrogen and oxygen atoms in total. The molecule has 6 rings (SSSR count). The van der Waals surface area contributed by atoms with E-state index in [2.05, 4.69) is 10.4 Å². The van der Waals surface area contributed by atoms with Crippen LogP contribution in [0.4, 0.5) is 8.78 Å². The van der Waals surface area contributed by atoms with Crippen molar-refractivity contribution in [1.82, 2.24) is 20.0 Å². The highest BCUT2D eigenvalue weighted by atomic mass is 19.1. The first-order chi connectivity index (χ1) is 16.8. The lowest BCUT2D eigenvalue weighted by molar-refractivity contribution is -0.140. The van der Waals surface area contributed by atoms with Crippen LogP contribution in [0.2, 0.25) is 0 Å². The lowest BCUT2D eigenvalue weighted by Gasteiger charge is -2.27. The fourth-order valence-electron chi connectivity index (χ4n) is 5.47. The van der Waals surface area contributed by atoms with Gasteiger partial charge in [-0.3, -0.25) is 19.1 Å². The summed E-state index contributed by atoms with van der Waals surface area (Å²) < 4.78 is 28.8. The number of benzene rings is 2. The molecular weight excluding hydrogens is 456 g/mol. The zero-order valence-electron chi connectivity index (χ0n) is 18.7. The highest BCUT2D eigenvalue weighted by Gasteiger charge is 2.56. The minimum absolute atomic E-state index is 0.0141. The summed E-state index contributed by atoms with van der Waals surface area (Å²) in [6.07, 6.45) is 2.00. The van der Waals surface area contributed by atoms with Crippen LogP contribution in [0.5, 0.6) is 0 Å². The first-order valence-electron chi connectivity index (χ1n) is 11.6. The molecule has 10 heteroatoms. The second-order valence-corrected chi connectivity index (χ2v) is 9.63. The number of aromatic nitrogens is 2. The van der Waals surface area contributed by atoms with Crippen molar-refractivity contribution in [2.75, 3.05) is 0 Å². The average molecular weight is 479 g/mol. The third kappa shape index (κ3) is 3.73. The smallest absolute Gasteiger partial charge is 0.269 e. The van der Waals surface area contributed by atoms with Crippen LogP contribution >= 0.6 is 0 Å². The maximum Gasteiger partial charge on any atom is 0.269 e. The van der Waals surface area contributed by atoms with E-state index < -0.39 is 23.6 Å². The summed E-state index contributed by atoms with van der Waals surface area (Å²) in [5.41, 5.74) is 6.55. The first-order valence-corrected chi connectivity index (χ1v) is 11.6. The van der Waals surface area contributed by atoms with Gasteiger partial charge in [-0.05, 0) is 42.9 Å². The van der Waals surface area contributed by atoms with Gasteiger partial charge in [0.1, 0.15) is 24.2 Å².